The minimum atomic E-state index is -1.20. The molecule has 0 bridgehead atoms. The van der Waals surface area contributed by atoms with Crippen LogP contribution in [0.4, 0.5) is 4.79 Å². The molecule has 0 aromatic carbocycles. The maximum absolute atomic E-state index is 13.9. The third-order valence-electron chi connectivity index (χ3n) is 10.2. The number of carbonyl (C=O) groups excluding carboxylic acids is 3. The summed E-state index contributed by atoms with van der Waals surface area (Å²) in [4.78, 5) is 49.5. The van der Waals surface area contributed by atoms with Crippen LogP contribution in [0.2, 0.25) is 0 Å². The third kappa shape index (κ3) is 8.65. The lowest BCUT2D eigenvalue weighted by Gasteiger charge is -2.43. The van der Waals surface area contributed by atoms with E-state index >= 15 is 0 Å². The molecule has 0 saturated carbocycles. The molecule has 1 unspecified atom stereocenters. The summed E-state index contributed by atoms with van der Waals surface area (Å²) in [5, 5.41) is 14.8. The number of unbranched alkanes of at least 4 members (excludes halogenated alkanes) is 1. The zero-order valence-electron chi connectivity index (χ0n) is 29.8. The fraction of sp³-hybridized carbons (Fsp3) is 0.848. The fourth-order valence-electron chi connectivity index (χ4n) is 7.20. The number of cyclic esters (lactones) is 1. The van der Waals surface area contributed by atoms with Gasteiger partial charge in [-0.25, -0.2) is 4.79 Å². The number of rotatable bonds is 9. The maximum Gasteiger partial charge on any atom is 0.410 e. The van der Waals surface area contributed by atoms with Crippen molar-refractivity contribution in [3.63, 3.8) is 0 Å². The lowest BCUT2D eigenvalue weighted by atomic mass is 9.83. The Balaban J connectivity index is 2.02. The number of Topliss-reactive ketones (excluding diaryl/α,β-unsaturated/α-hetero) is 1. The van der Waals surface area contributed by atoms with E-state index in [1.54, 1.807) is 18.7 Å². The average molecular weight is 665 g/mol. The normalized spacial score (nSPS) is 38.9. The second-order valence-corrected chi connectivity index (χ2v) is 13.9. The van der Waals surface area contributed by atoms with Gasteiger partial charge in [-0.3, -0.25) is 19.4 Å². The average Bonchev–Trinajstić information content (AvgIpc) is 3.29. The van der Waals surface area contributed by atoms with Gasteiger partial charge in [-0.05, 0) is 92.5 Å². The molecule has 0 aliphatic carbocycles. The van der Waals surface area contributed by atoms with E-state index < -0.39 is 60.1 Å². The van der Waals surface area contributed by atoms with Gasteiger partial charge in [-0.15, -0.1) is 0 Å². The number of nitrogens with zero attached hydrogens (tertiary/aromatic N) is 6. The predicted octanol–water partition coefficient (Wildman–Crippen LogP) is 3.91. The van der Waals surface area contributed by atoms with Gasteiger partial charge in [-0.1, -0.05) is 25.0 Å². The van der Waals surface area contributed by atoms with Crippen molar-refractivity contribution < 1.29 is 38.4 Å². The van der Waals surface area contributed by atoms with E-state index in [4.69, 9.17) is 24.5 Å². The SMILES string of the molecule is CC[C@H]1OC(=O)[C@H](C)C(=O)[C@H](C)[C@@H](O[C@@H]2O[C@H](C)CC(N(C)C)[C@H]2O)/C(C)=C/CN(C)[C@H](C)[C@H]2N(CCCCN=[N+]=[N-])C(=O)O[C@]12C. The number of hydrogen-bond acceptors (Lipinski definition) is 11. The van der Waals surface area contributed by atoms with Crippen molar-refractivity contribution >= 4 is 17.8 Å². The van der Waals surface area contributed by atoms with Crippen LogP contribution in [0.15, 0.2) is 16.8 Å². The van der Waals surface area contributed by atoms with Crippen LogP contribution in [0.5, 0.6) is 0 Å². The van der Waals surface area contributed by atoms with Crippen molar-refractivity contribution in [3.8, 4) is 0 Å². The molecule has 3 heterocycles. The van der Waals surface area contributed by atoms with E-state index in [0.717, 1.165) is 5.57 Å². The van der Waals surface area contributed by atoms with Crippen molar-refractivity contribution in [2.75, 3.05) is 40.8 Å². The summed E-state index contributed by atoms with van der Waals surface area (Å²) < 4.78 is 24.6. The number of azide groups is 1. The second kappa shape index (κ2) is 16.6. The minimum Gasteiger partial charge on any atom is -0.458 e. The number of hydrogen-bond donors (Lipinski definition) is 1. The van der Waals surface area contributed by atoms with E-state index in [1.807, 2.05) is 59.8 Å². The highest BCUT2D eigenvalue weighted by molar-refractivity contribution is 6.00. The molecule has 1 N–H and O–H groups in total. The first-order valence-electron chi connectivity index (χ1n) is 16.9. The molecular weight excluding hydrogens is 608 g/mol. The molecule has 3 aliphatic rings. The van der Waals surface area contributed by atoms with E-state index in [1.165, 1.54) is 6.92 Å². The fourth-order valence-corrected chi connectivity index (χ4v) is 7.20. The van der Waals surface area contributed by atoms with Crippen LogP contribution in [-0.2, 0) is 28.5 Å². The Bertz CT molecular complexity index is 1190. The number of ether oxygens (including phenoxy) is 4. The van der Waals surface area contributed by atoms with Gasteiger partial charge in [0.25, 0.3) is 0 Å². The number of aliphatic hydroxyl groups is 1. The Morgan fingerprint density at radius 2 is 1.87 bits per heavy atom. The number of esters is 1. The number of fused-ring (bicyclic) bond motifs is 1. The number of carbonyl (C=O) groups is 3. The van der Waals surface area contributed by atoms with Gasteiger partial charge < -0.3 is 29.0 Å². The molecule has 0 aromatic heterocycles. The number of aliphatic hydroxyl groups excluding tert-OH is 1. The summed E-state index contributed by atoms with van der Waals surface area (Å²) in [6.45, 7) is 13.9. The van der Waals surface area contributed by atoms with Gasteiger partial charge in [0.15, 0.2) is 17.7 Å². The van der Waals surface area contributed by atoms with Crippen LogP contribution in [-0.4, -0.2) is 133 Å². The first-order valence-corrected chi connectivity index (χ1v) is 16.9. The third-order valence-corrected chi connectivity index (χ3v) is 10.2. The van der Waals surface area contributed by atoms with Gasteiger partial charge in [0.05, 0.1) is 18.2 Å². The van der Waals surface area contributed by atoms with Gasteiger partial charge in [0, 0.05) is 42.5 Å². The van der Waals surface area contributed by atoms with E-state index in [-0.39, 0.29) is 24.0 Å². The Morgan fingerprint density at radius 3 is 2.49 bits per heavy atom. The molecule has 3 rings (SSSR count). The molecule has 14 nitrogen and oxygen atoms in total. The van der Waals surface area contributed by atoms with Crippen molar-refractivity contribution in [3.05, 3.63) is 22.1 Å². The quantitative estimate of drug-likeness (QED) is 0.0726. The summed E-state index contributed by atoms with van der Waals surface area (Å²) in [6.07, 6.45) is -0.0484. The van der Waals surface area contributed by atoms with Crippen molar-refractivity contribution in [2.24, 2.45) is 17.0 Å². The van der Waals surface area contributed by atoms with Crippen LogP contribution in [0.25, 0.3) is 10.4 Å². The molecule has 0 aromatic rings. The Morgan fingerprint density at radius 1 is 1.19 bits per heavy atom. The standard InChI is InChI=1S/C33H56N6O8/c1-11-25-33(7)29(39(32(43)47-33)16-13-12-15-35-36-34)23(6)38(10)17-14-19(2)28(21(4)26(40)22(5)30(42)45-25)46-31-27(41)24(37(8)9)18-20(3)44-31/h14,20-25,27-29,31,41H,11-13,15-18H2,1-10H3/b19-14+/t20-,21+,22-,23-,24?,25-,27-,28+,29-,31+,33-/m1/s1. The van der Waals surface area contributed by atoms with Crippen LogP contribution in [0.1, 0.15) is 74.1 Å². The molecule has 2 fully saturated rings. The summed E-state index contributed by atoms with van der Waals surface area (Å²) in [6, 6.07) is -0.942. The first kappa shape index (κ1) is 38.7. The molecule has 47 heavy (non-hydrogen) atoms. The molecule has 11 atom stereocenters. The van der Waals surface area contributed by atoms with Crippen LogP contribution >= 0.6 is 0 Å². The maximum atomic E-state index is 13.9. The zero-order chi connectivity index (χ0) is 35.2. The number of amides is 1. The lowest BCUT2D eigenvalue weighted by molar-refractivity contribution is -0.267. The molecule has 266 valence electrons. The summed E-state index contributed by atoms with van der Waals surface area (Å²) in [7, 11) is 5.74. The Kier molecular flexibility index (Phi) is 13.7. The molecule has 1 amide bonds. The van der Waals surface area contributed by atoms with Crippen LogP contribution in [0.3, 0.4) is 0 Å². The zero-order valence-corrected chi connectivity index (χ0v) is 29.8. The van der Waals surface area contributed by atoms with Crippen molar-refractivity contribution in [1.29, 1.82) is 0 Å². The molecule has 2 saturated heterocycles. The summed E-state index contributed by atoms with van der Waals surface area (Å²) in [5.74, 6) is -2.96. The summed E-state index contributed by atoms with van der Waals surface area (Å²) >= 11 is 0. The number of likely N-dealkylation sites (N-methyl/N-ethyl adjacent to an activating group) is 2. The van der Waals surface area contributed by atoms with E-state index in [2.05, 4.69) is 14.9 Å². The highest BCUT2D eigenvalue weighted by Gasteiger charge is 2.59. The second-order valence-electron chi connectivity index (χ2n) is 13.9. The number of ketones is 1. The highest BCUT2D eigenvalue weighted by Crippen LogP contribution is 2.39. The van der Waals surface area contributed by atoms with Crippen molar-refractivity contribution in [2.45, 2.75) is 129 Å². The molecule has 0 radical (unpaired) electrons. The minimum absolute atomic E-state index is 0.177. The molecule has 14 heteroatoms. The van der Waals surface area contributed by atoms with Gasteiger partial charge in [-0.2, -0.15) is 0 Å². The molecule has 3 aliphatic heterocycles. The Labute approximate surface area is 279 Å². The van der Waals surface area contributed by atoms with Gasteiger partial charge in [0.1, 0.15) is 18.1 Å². The molecule has 0 spiro atoms. The summed E-state index contributed by atoms with van der Waals surface area (Å²) in [5.41, 5.74) is 8.18. The highest BCUT2D eigenvalue weighted by atomic mass is 16.7. The largest absolute Gasteiger partial charge is 0.458 e. The van der Waals surface area contributed by atoms with E-state index in [0.29, 0.717) is 45.3 Å². The smallest absolute Gasteiger partial charge is 0.410 e. The van der Waals surface area contributed by atoms with Gasteiger partial charge >= 0.3 is 12.1 Å². The van der Waals surface area contributed by atoms with Crippen LogP contribution in [0, 0.1) is 11.8 Å². The Hall–Kier alpha value is -2.74. The van der Waals surface area contributed by atoms with Gasteiger partial charge in [0.2, 0.25) is 0 Å². The van der Waals surface area contributed by atoms with E-state index in [9.17, 15) is 19.5 Å². The molecular formula is C33H56N6O8. The monoisotopic (exact) mass is 664 g/mol. The van der Waals surface area contributed by atoms with Crippen molar-refractivity contribution in [1.82, 2.24) is 14.7 Å². The first-order chi connectivity index (χ1) is 22.1. The topological polar surface area (TPSA) is 167 Å². The predicted molar refractivity (Wildman–Crippen MR) is 175 cm³/mol. The lowest BCUT2D eigenvalue weighted by Crippen LogP contribution is -2.61. The van der Waals surface area contributed by atoms with Crippen LogP contribution < -0.4 is 0 Å².